The van der Waals surface area contributed by atoms with E-state index in [0.717, 1.165) is 5.76 Å². The van der Waals surface area contributed by atoms with Crippen molar-refractivity contribution in [1.82, 2.24) is 0 Å². The SMILES string of the molecule is CC(=CO[Si](C)(C)C)O[Si](C)(C)C. The third-order valence-corrected chi connectivity index (χ3v) is 2.80. The molecule has 0 rings (SSSR count). The third-order valence-electron chi connectivity index (χ3n) is 1.05. The minimum absolute atomic E-state index is 0.904. The first-order chi connectivity index (χ1) is 5.60. The Hall–Kier alpha value is -0.226. The van der Waals surface area contributed by atoms with Crippen molar-refractivity contribution in [1.29, 1.82) is 0 Å². The molecule has 0 saturated heterocycles. The lowest BCUT2D eigenvalue weighted by Gasteiger charge is -2.21. The molecule has 0 aromatic carbocycles. The molecule has 78 valence electrons. The summed E-state index contributed by atoms with van der Waals surface area (Å²) in [6, 6.07) is 0. The molecule has 0 aliphatic carbocycles. The van der Waals surface area contributed by atoms with E-state index in [-0.39, 0.29) is 0 Å². The Labute approximate surface area is 84.2 Å². The maximum Gasteiger partial charge on any atom is 0.241 e. The maximum atomic E-state index is 5.73. The van der Waals surface area contributed by atoms with Crippen molar-refractivity contribution in [3.05, 3.63) is 12.0 Å². The predicted molar refractivity (Wildman–Crippen MR) is 62.6 cm³/mol. The van der Waals surface area contributed by atoms with E-state index in [1.54, 1.807) is 6.26 Å². The zero-order valence-corrected chi connectivity index (χ0v) is 11.9. The number of allylic oxidation sites excluding steroid dienone is 1. The molecule has 0 amide bonds. The summed E-state index contributed by atoms with van der Waals surface area (Å²) in [6.45, 7) is 14.9. The predicted octanol–water partition coefficient (Wildman–Crippen LogP) is 3.55. The summed E-state index contributed by atoms with van der Waals surface area (Å²) in [5.41, 5.74) is 0. The largest absolute Gasteiger partial charge is 0.547 e. The molecule has 0 saturated carbocycles. The van der Waals surface area contributed by atoms with Gasteiger partial charge < -0.3 is 8.85 Å². The van der Waals surface area contributed by atoms with Gasteiger partial charge in [0.05, 0.1) is 0 Å². The highest BCUT2D eigenvalue weighted by molar-refractivity contribution is 6.70. The molecule has 0 fully saturated rings. The van der Waals surface area contributed by atoms with Crippen LogP contribution in [-0.4, -0.2) is 16.6 Å². The van der Waals surface area contributed by atoms with Gasteiger partial charge in [-0.3, -0.25) is 0 Å². The fourth-order valence-electron chi connectivity index (χ4n) is 0.767. The molecule has 0 bridgehead atoms. The van der Waals surface area contributed by atoms with E-state index in [0.29, 0.717) is 0 Å². The van der Waals surface area contributed by atoms with Gasteiger partial charge in [-0.15, -0.1) is 0 Å². The van der Waals surface area contributed by atoms with Crippen molar-refractivity contribution >= 4 is 16.6 Å². The summed E-state index contributed by atoms with van der Waals surface area (Å²) in [5, 5.41) is 0. The second-order valence-electron chi connectivity index (χ2n) is 5.17. The van der Waals surface area contributed by atoms with Gasteiger partial charge in [-0.05, 0) is 46.2 Å². The lowest BCUT2D eigenvalue weighted by atomic mass is 10.7. The Morgan fingerprint density at radius 2 is 1.38 bits per heavy atom. The highest BCUT2D eigenvalue weighted by Crippen LogP contribution is 2.11. The number of hydrogen-bond donors (Lipinski definition) is 0. The normalized spacial score (nSPS) is 14.2. The van der Waals surface area contributed by atoms with Crippen LogP contribution in [0.25, 0.3) is 0 Å². The second-order valence-corrected chi connectivity index (χ2v) is 14.1. The summed E-state index contributed by atoms with van der Waals surface area (Å²) in [4.78, 5) is 0. The lowest BCUT2D eigenvalue weighted by Crippen LogP contribution is -2.26. The second kappa shape index (κ2) is 4.33. The fraction of sp³-hybridized carbons (Fsp3) is 0.778. The molecule has 0 unspecified atom stereocenters. The molecule has 0 N–H and O–H groups in total. The zero-order valence-electron chi connectivity index (χ0n) is 9.89. The van der Waals surface area contributed by atoms with Gasteiger partial charge in [0.25, 0.3) is 0 Å². The van der Waals surface area contributed by atoms with E-state index in [4.69, 9.17) is 8.85 Å². The summed E-state index contributed by atoms with van der Waals surface area (Å²) in [6.07, 6.45) is 1.77. The average molecular weight is 218 g/mol. The Bertz CT molecular complexity index is 187. The highest BCUT2D eigenvalue weighted by Gasteiger charge is 2.17. The Morgan fingerprint density at radius 3 is 1.69 bits per heavy atom. The van der Waals surface area contributed by atoms with Gasteiger partial charge in [0, 0.05) is 0 Å². The summed E-state index contributed by atoms with van der Waals surface area (Å²) in [7, 11) is -2.89. The first kappa shape index (κ1) is 12.8. The van der Waals surface area contributed by atoms with Crippen LogP contribution in [0.15, 0.2) is 12.0 Å². The van der Waals surface area contributed by atoms with E-state index < -0.39 is 16.6 Å². The first-order valence-electron chi connectivity index (χ1n) is 4.64. The van der Waals surface area contributed by atoms with Crippen molar-refractivity contribution in [2.45, 2.75) is 46.2 Å². The fourth-order valence-corrected chi connectivity index (χ4v) is 2.30. The van der Waals surface area contributed by atoms with Crippen LogP contribution >= 0.6 is 0 Å². The van der Waals surface area contributed by atoms with Crippen LogP contribution in [0.5, 0.6) is 0 Å². The maximum absolute atomic E-state index is 5.73. The molecule has 4 heteroatoms. The van der Waals surface area contributed by atoms with Gasteiger partial charge in [0.1, 0.15) is 12.0 Å². The van der Waals surface area contributed by atoms with E-state index in [1.807, 2.05) is 6.92 Å². The van der Waals surface area contributed by atoms with Crippen LogP contribution in [0.4, 0.5) is 0 Å². The van der Waals surface area contributed by atoms with Crippen LogP contribution < -0.4 is 0 Å². The molecule has 0 aromatic heterocycles. The first-order valence-corrected chi connectivity index (χ1v) is 11.5. The standard InChI is InChI=1S/C9H22O2Si2/c1-9(11-13(5,6)7)8-10-12(2,3)4/h8H,1-7H3. The van der Waals surface area contributed by atoms with Crippen molar-refractivity contribution in [2.75, 3.05) is 0 Å². The number of hydrogen-bond acceptors (Lipinski definition) is 2. The van der Waals surface area contributed by atoms with Crippen molar-refractivity contribution < 1.29 is 8.85 Å². The van der Waals surface area contributed by atoms with Crippen LogP contribution in [-0.2, 0) is 8.85 Å². The highest BCUT2D eigenvalue weighted by atomic mass is 28.4. The van der Waals surface area contributed by atoms with Gasteiger partial charge in [-0.25, -0.2) is 0 Å². The van der Waals surface area contributed by atoms with Crippen molar-refractivity contribution in [3.8, 4) is 0 Å². The zero-order chi connectivity index (χ0) is 10.7. The smallest absolute Gasteiger partial charge is 0.241 e. The molecule has 0 radical (unpaired) electrons. The third kappa shape index (κ3) is 9.69. The van der Waals surface area contributed by atoms with E-state index in [9.17, 15) is 0 Å². The lowest BCUT2D eigenvalue weighted by molar-refractivity contribution is 0.377. The van der Waals surface area contributed by atoms with Gasteiger partial charge >= 0.3 is 0 Å². The Balaban J connectivity index is 4.05. The average Bonchev–Trinajstić information content (AvgIpc) is 1.78. The van der Waals surface area contributed by atoms with Crippen LogP contribution in [0.2, 0.25) is 39.3 Å². The van der Waals surface area contributed by atoms with Crippen molar-refractivity contribution in [2.24, 2.45) is 0 Å². The van der Waals surface area contributed by atoms with Gasteiger partial charge in [-0.1, -0.05) is 0 Å². The van der Waals surface area contributed by atoms with Crippen LogP contribution in [0.1, 0.15) is 6.92 Å². The molecule has 0 heterocycles. The molecular formula is C9H22O2Si2. The molecule has 2 nitrogen and oxygen atoms in total. The van der Waals surface area contributed by atoms with Crippen molar-refractivity contribution in [3.63, 3.8) is 0 Å². The molecule has 0 spiro atoms. The summed E-state index contributed by atoms with van der Waals surface area (Å²) >= 11 is 0. The monoisotopic (exact) mass is 218 g/mol. The molecule has 0 aliphatic heterocycles. The minimum Gasteiger partial charge on any atom is -0.547 e. The van der Waals surface area contributed by atoms with Crippen LogP contribution in [0.3, 0.4) is 0 Å². The molecule has 13 heavy (non-hydrogen) atoms. The van der Waals surface area contributed by atoms with E-state index in [1.165, 1.54) is 0 Å². The van der Waals surface area contributed by atoms with Gasteiger partial charge in [0.15, 0.2) is 0 Å². The van der Waals surface area contributed by atoms with Gasteiger partial charge in [0.2, 0.25) is 16.6 Å². The Kier molecular flexibility index (Phi) is 4.25. The number of rotatable bonds is 4. The van der Waals surface area contributed by atoms with E-state index in [2.05, 4.69) is 39.3 Å². The quantitative estimate of drug-likeness (QED) is 0.531. The minimum atomic E-state index is -1.45. The molecule has 0 aromatic rings. The Morgan fingerprint density at radius 1 is 0.923 bits per heavy atom. The van der Waals surface area contributed by atoms with Crippen LogP contribution in [0, 0.1) is 0 Å². The summed E-state index contributed by atoms with van der Waals surface area (Å²) < 4.78 is 11.3. The van der Waals surface area contributed by atoms with Gasteiger partial charge in [-0.2, -0.15) is 0 Å². The molecular weight excluding hydrogens is 196 g/mol. The molecule has 0 aliphatic rings. The topological polar surface area (TPSA) is 18.5 Å². The van der Waals surface area contributed by atoms with E-state index >= 15 is 0 Å². The molecule has 0 atom stereocenters. The summed E-state index contributed by atoms with van der Waals surface area (Å²) in [5.74, 6) is 0.904.